The third kappa shape index (κ3) is 22.6. The van der Waals surface area contributed by atoms with Gasteiger partial charge in [-0.25, -0.2) is 0 Å². The van der Waals surface area contributed by atoms with Crippen molar-refractivity contribution < 1.29 is 29.7 Å². The summed E-state index contributed by atoms with van der Waals surface area (Å²) in [5.74, 6) is -3.77. The Morgan fingerprint density at radius 2 is 0.560 bits per heavy atom. The maximum atomic E-state index is 9.86. The molecule has 0 rings (SSSR count). The second-order valence-corrected chi connectivity index (χ2v) is 12.9. The average Bonchev–Trinajstić information content (AvgIpc) is 2.45. The van der Waals surface area contributed by atoms with Crippen molar-refractivity contribution in [3.8, 4) is 0 Å². The van der Waals surface area contributed by atoms with Gasteiger partial charge in [0.25, 0.3) is 0 Å². The van der Waals surface area contributed by atoms with Crippen LogP contribution in [0.4, 0.5) is 0 Å². The molecule has 25 heavy (non-hydrogen) atoms. The first-order chi connectivity index (χ1) is 10.7. The van der Waals surface area contributed by atoms with Crippen molar-refractivity contribution in [2.24, 2.45) is 0 Å². The minimum atomic E-state index is -1.26. The number of aliphatic carboxylic acids is 3. The van der Waals surface area contributed by atoms with E-state index >= 15 is 0 Å². The van der Waals surface area contributed by atoms with Gasteiger partial charge in [0.05, 0.1) is 41.5 Å². The standard InChI is InChI=1S/3C3HBr3O2.Al/c3*4-1(2(5)6)3(7)8;/h3*(H,7,8);/q;;;+3/p-3. The van der Waals surface area contributed by atoms with E-state index in [0.29, 0.717) is 10.2 Å². The normalized spacial score (nSPS) is 8.04. The van der Waals surface area contributed by atoms with Gasteiger partial charge in [0.15, 0.2) is 0 Å². The zero-order valence-electron chi connectivity index (χ0n) is 10.9. The molecule has 0 saturated carbocycles. The molecule has 6 nitrogen and oxygen atoms in total. The third-order valence-corrected chi connectivity index (χ3v) is 8.77. The summed E-state index contributed by atoms with van der Waals surface area (Å²) in [5, 5.41) is 29.6. The number of carboxylic acid groups (broad SMARTS) is 3. The molecule has 0 aromatic heterocycles. The second-order valence-electron chi connectivity index (χ2n) is 2.59. The van der Waals surface area contributed by atoms with Crippen LogP contribution in [0.25, 0.3) is 0 Å². The molecule has 0 radical (unpaired) electrons. The van der Waals surface area contributed by atoms with Gasteiger partial charge in [-0.2, -0.15) is 0 Å². The van der Waals surface area contributed by atoms with Gasteiger partial charge in [0, 0.05) is 0 Å². The molecule has 0 fully saturated rings. The summed E-state index contributed by atoms with van der Waals surface area (Å²) in [6.07, 6.45) is 0. The fourth-order valence-electron chi connectivity index (χ4n) is 0.231. The summed E-state index contributed by atoms with van der Waals surface area (Å²) in [6, 6.07) is 0. The molecule has 0 aliphatic rings. The van der Waals surface area contributed by atoms with Gasteiger partial charge in [-0.1, -0.05) is 0 Å². The summed E-state index contributed by atoms with van der Waals surface area (Å²) in [4.78, 5) is 29.6. The summed E-state index contributed by atoms with van der Waals surface area (Å²) in [7, 11) is 0. The molecular formula is C9AlBr9O6. The number of hydrogen-bond donors (Lipinski definition) is 0. The maximum Gasteiger partial charge on any atom is 3.00 e. The summed E-state index contributed by atoms with van der Waals surface area (Å²) in [6.45, 7) is 0. The molecule has 0 amide bonds. The first-order valence-corrected chi connectivity index (χ1v) is 11.6. The Morgan fingerprint density at radius 1 is 0.440 bits per heavy atom. The van der Waals surface area contributed by atoms with Gasteiger partial charge >= 0.3 is 17.4 Å². The Labute approximate surface area is 228 Å². The van der Waals surface area contributed by atoms with E-state index in [9.17, 15) is 29.7 Å². The molecule has 0 aromatic carbocycles. The molecule has 0 spiro atoms. The third-order valence-electron chi connectivity index (χ3n) is 1.04. The van der Waals surface area contributed by atoms with Crippen LogP contribution in [-0.2, 0) is 14.4 Å². The molecule has 0 unspecified atom stereocenters. The Bertz CT molecular complexity index is 493. The molecule has 0 N–H and O–H groups in total. The molecule has 0 heterocycles. The number of rotatable bonds is 3. The minimum Gasteiger partial charge on any atom is -0.544 e. The molecule has 0 aromatic rings. The van der Waals surface area contributed by atoms with E-state index in [1.165, 1.54) is 0 Å². The summed E-state index contributed by atoms with van der Waals surface area (Å²) in [5.41, 5.74) is 0. The molecule has 0 aliphatic heterocycles. The van der Waals surface area contributed by atoms with Crippen LogP contribution in [0.1, 0.15) is 0 Å². The van der Waals surface area contributed by atoms with Gasteiger partial charge in [-0.05, 0) is 143 Å². The van der Waals surface area contributed by atoms with Crippen molar-refractivity contribution in [3.63, 3.8) is 0 Å². The van der Waals surface area contributed by atoms with Crippen molar-refractivity contribution >= 4 is 179 Å². The van der Waals surface area contributed by atoms with E-state index < -0.39 is 17.9 Å². The predicted octanol–water partition coefficient (Wildman–Crippen LogP) is 2.89. The Kier molecular flexibility index (Phi) is 27.7. The number of carbonyl (C=O) groups is 3. The molecular weight excluding hydrogens is 950 g/mol. The number of hydrogen-bond acceptors (Lipinski definition) is 6. The van der Waals surface area contributed by atoms with E-state index in [0.717, 1.165) is 0 Å². The first kappa shape index (κ1) is 35.0. The molecule has 16 heteroatoms. The molecule has 0 aliphatic carbocycles. The fourth-order valence-corrected chi connectivity index (χ4v) is 1.20. The maximum absolute atomic E-state index is 9.86. The Morgan fingerprint density at radius 3 is 0.560 bits per heavy atom. The van der Waals surface area contributed by atoms with Crippen molar-refractivity contribution in [1.29, 1.82) is 0 Å². The molecule has 0 bridgehead atoms. The van der Waals surface area contributed by atoms with Gasteiger partial charge in [0.2, 0.25) is 0 Å². The van der Waals surface area contributed by atoms with Crippen LogP contribution in [0.3, 0.4) is 0 Å². The van der Waals surface area contributed by atoms with Crippen molar-refractivity contribution in [2.45, 2.75) is 0 Å². The predicted molar refractivity (Wildman–Crippen MR) is 122 cm³/mol. The molecule has 0 atom stereocenters. The van der Waals surface area contributed by atoms with Gasteiger partial charge < -0.3 is 29.7 Å². The van der Waals surface area contributed by atoms with Crippen LogP contribution >= 0.6 is 143 Å². The smallest absolute Gasteiger partial charge is 0.544 e. The van der Waals surface area contributed by atoms with E-state index in [-0.39, 0.29) is 30.8 Å². The largest absolute Gasteiger partial charge is 3.00 e. The van der Waals surface area contributed by atoms with Crippen LogP contribution < -0.4 is 15.3 Å². The van der Waals surface area contributed by atoms with Crippen molar-refractivity contribution in [2.75, 3.05) is 0 Å². The van der Waals surface area contributed by atoms with Gasteiger partial charge in [0.1, 0.15) is 0 Å². The number of halogens is 9. The number of carbonyl (C=O) groups excluding carboxylic acids is 3. The topological polar surface area (TPSA) is 120 Å². The Balaban J connectivity index is -0.000000130. The van der Waals surface area contributed by atoms with Gasteiger partial charge in [-0.15, -0.1) is 0 Å². The Hall–Kier alpha value is 2.48. The molecule has 0 saturated heterocycles. The zero-order chi connectivity index (χ0) is 20.2. The summed E-state index contributed by atoms with van der Waals surface area (Å²) < 4.78 is 0.924. The SMILES string of the molecule is O=C([O-])C(Br)=C(Br)Br.O=C([O-])C(Br)=C(Br)Br.O=C([O-])C(Br)=C(Br)Br.[Al+3]. The molecule has 138 valence electrons. The van der Waals surface area contributed by atoms with Crippen molar-refractivity contribution in [1.82, 2.24) is 0 Å². The van der Waals surface area contributed by atoms with E-state index in [4.69, 9.17) is 0 Å². The second kappa shape index (κ2) is 19.8. The van der Waals surface area contributed by atoms with Crippen LogP contribution in [0.15, 0.2) is 23.6 Å². The van der Waals surface area contributed by atoms with Crippen molar-refractivity contribution in [3.05, 3.63) is 23.6 Å². The van der Waals surface area contributed by atoms with Crippen LogP contribution in [0.2, 0.25) is 0 Å². The summed E-state index contributed by atoms with van der Waals surface area (Å²) >= 11 is 25.4. The van der Waals surface area contributed by atoms with E-state index in [1.807, 2.05) is 0 Å². The minimum absolute atomic E-state index is 0. The van der Waals surface area contributed by atoms with Crippen LogP contribution in [-0.4, -0.2) is 35.3 Å². The van der Waals surface area contributed by atoms with E-state index in [1.54, 1.807) is 0 Å². The van der Waals surface area contributed by atoms with Crippen LogP contribution in [0.5, 0.6) is 0 Å². The fraction of sp³-hybridized carbons (Fsp3) is 0. The van der Waals surface area contributed by atoms with Crippen LogP contribution in [0, 0.1) is 0 Å². The monoisotopic (exact) mass is 941 g/mol. The quantitative estimate of drug-likeness (QED) is 0.318. The first-order valence-electron chi connectivity index (χ1n) is 4.43. The van der Waals surface area contributed by atoms with Gasteiger partial charge in [-0.3, -0.25) is 0 Å². The number of carboxylic acids is 3. The zero-order valence-corrected chi connectivity index (χ0v) is 26.4. The van der Waals surface area contributed by atoms with E-state index in [2.05, 4.69) is 143 Å². The average molecular weight is 950 g/mol.